The summed E-state index contributed by atoms with van der Waals surface area (Å²) in [5.41, 5.74) is 0.176. The van der Waals surface area contributed by atoms with Crippen LogP contribution in [0.3, 0.4) is 0 Å². The van der Waals surface area contributed by atoms with Crippen molar-refractivity contribution in [2.45, 2.75) is 6.54 Å². The zero-order chi connectivity index (χ0) is 14.2. The quantitative estimate of drug-likeness (QED) is 0.688. The van der Waals surface area contributed by atoms with Crippen LogP contribution in [0.1, 0.15) is 10.4 Å². The van der Waals surface area contributed by atoms with Gasteiger partial charge in [0, 0.05) is 19.3 Å². The van der Waals surface area contributed by atoms with E-state index in [1.165, 1.54) is 6.07 Å². The number of carbonyl (C=O) groups is 1. The topological polar surface area (TPSA) is 89.3 Å². The molecule has 0 bridgehead atoms. The van der Waals surface area contributed by atoms with Gasteiger partial charge in [-0.25, -0.2) is 4.79 Å². The lowest BCUT2D eigenvalue weighted by atomic mass is 10.2. The van der Waals surface area contributed by atoms with Gasteiger partial charge < -0.3 is 15.2 Å². The molecule has 0 saturated heterocycles. The highest BCUT2D eigenvalue weighted by Gasteiger charge is 2.09. The number of rotatable bonds is 8. The molecule has 2 rings (SSSR count). The van der Waals surface area contributed by atoms with E-state index in [2.05, 4.69) is 15.6 Å². The van der Waals surface area contributed by atoms with Crippen molar-refractivity contribution in [3.05, 3.63) is 42.2 Å². The average Bonchev–Trinajstić information content (AvgIpc) is 2.96. The smallest absolute Gasteiger partial charge is 0.339 e. The summed E-state index contributed by atoms with van der Waals surface area (Å²) < 4.78 is 7.19. The summed E-state index contributed by atoms with van der Waals surface area (Å²) in [5.74, 6) is -0.599. The maximum atomic E-state index is 11.0. The Kier molecular flexibility index (Phi) is 5.08. The van der Waals surface area contributed by atoms with Gasteiger partial charge in [-0.05, 0) is 12.1 Å². The van der Waals surface area contributed by atoms with Crippen LogP contribution in [0.5, 0.6) is 5.75 Å². The third-order valence-electron chi connectivity index (χ3n) is 2.64. The van der Waals surface area contributed by atoms with Gasteiger partial charge in [-0.1, -0.05) is 17.3 Å². The second-order valence-corrected chi connectivity index (χ2v) is 4.07. The third kappa shape index (κ3) is 4.06. The molecule has 20 heavy (non-hydrogen) atoms. The summed E-state index contributed by atoms with van der Waals surface area (Å²) in [6.07, 6.45) is 3.42. The van der Waals surface area contributed by atoms with Crippen LogP contribution in [0.25, 0.3) is 0 Å². The van der Waals surface area contributed by atoms with Crippen molar-refractivity contribution in [3.8, 4) is 5.75 Å². The summed E-state index contributed by atoms with van der Waals surface area (Å²) in [5, 5.41) is 19.7. The maximum Gasteiger partial charge on any atom is 0.339 e. The van der Waals surface area contributed by atoms with Gasteiger partial charge >= 0.3 is 5.97 Å². The normalized spacial score (nSPS) is 10.4. The van der Waals surface area contributed by atoms with E-state index in [0.717, 1.165) is 13.1 Å². The molecule has 0 atom stereocenters. The number of aromatic nitrogens is 3. The van der Waals surface area contributed by atoms with Crippen molar-refractivity contribution in [3.63, 3.8) is 0 Å². The number of hydrogen-bond acceptors (Lipinski definition) is 5. The second-order valence-electron chi connectivity index (χ2n) is 4.07. The molecule has 106 valence electrons. The van der Waals surface area contributed by atoms with Crippen molar-refractivity contribution in [2.24, 2.45) is 0 Å². The Labute approximate surface area is 116 Å². The fraction of sp³-hybridized carbons (Fsp3) is 0.308. The Hall–Kier alpha value is -2.41. The van der Waals surface area contributed by atoms with Gasteiger partial charge in [0.2, 0.25) is 0 Å². The number of nitrogens with one attached hydrogen (secondary N) is 1. The molecule has 1 aromatic carbocycles. The first kappa shape index (κ1) is 14.0. The van der Waals surface area contributed by atoms with Gasteiger partial charge in [-0.2, -0.15) is 0 Å². The molecule has 2 aromatic rings. The van der Waals surface area contributed by atoms with Gasteiger partial charge in [-0.15, -0.1) is 5.10 Å². The Bertz CT molecular complexity index is 542. The van der Waals surface area contributed by atoms with E-state index in [4.69, 9.17) is 9.84 Å². The zero-order valence-corrected chi connectivity index (χ0v) is 10.9. The van der Waals surface area contributed by atoms with Crippen LogP contribution in [0.15, 0.2) is 36.7 Å². The summed E-state index contributed by atoms with van der Waals surface area (Å²) in [4.78, 5) is 11.0. The van der Waals surface area contributed by atoms with E-state index in [1.807, 2.05) is 0 Å². The molecule has 0 amide bonds. The fourth-order valence-corrected chi connectivity index (χ4v) is 1.67. The van der Waals surface area contributed by atoms with Crippen molar-refractivity contribution in [2.75, 3.05) is 19.7 Å². The number of para-hydroxylation sites is 1. The summed E-state index contributed by atoms with van der Waals surface area (Å²) >= 11 is 0. The predicted octanol–water partition coefficient (Wildman–Crippen LogP) is 0.645. The standard InChI is InChI=1S/C13H16N4O3/c18-13(19)11-3-1-2-4-12(11)20-10-7-14-5-8-17-9-6-15-16-17/h1-4,6,9,14H,5,7-8,10H2,(H,18,19). The number of benzene rings is 1. The molecule has 0 aliphatic carbocycles. The molecule has 0 saturated carbocycles. The fourth-order valence-electron chi connectivity index (χ4n) is 1.67. The Balaban J connectivity index is 1.67. The van der Waals surface area contributed by atoms with Crippen LogP contribution in [-0.2, 0) is 6.54 Å². The largest absolute Gasteiger partial charge is 0.491 e. The third-order valence-corrected chi connectivity index (χ3v) is 2.64. The molecular weight excluding hydrogens is 260 g/mol. The molecule has 0 aliphatic heterocycles. The summed E-state index contributed by atoms with van der Waals surface area (Å²) in [6, 6.07) is 6.60. The van der Waals surface area contributed by atoms with Gasteiger partial charge in [0.05, 0.1) is 12.7 Å². The first-order valence-electron chi connectivity index (χ1n) is 6.27. The van der Waals surface area contributed by atoms with Crippen molar-refractivity contribution in [1.29, 1.82) is 0 Å². The lowest BCUT2D eigenvalue weighted by molar-refractivity contribution is 0.0692. The van der Waals surface area contributed by atoms with Crippen LogP contribution in [0.4, 0.5) is 0 Å². The van der Waals surface area contributed by atoms with Gasteiger partial charge in [-0.3, -0.25) is 4.68 Å². The van der Waals surface area contributed by atoms with Crippen LogP contribution < -0.4 is 10.1 Å². The molecule has 7 heteroatoms. The number of ether oxygens (including phenoxy) is 1. The van der Waals surface area contributed by atoms with E-state index >= 15 is 0 Å². The maximum absolute atomic E-state index is 11.0. The van der Waals surface area contributed by atoms with E-state index in [-0.39, 0.29) is 5.56 Å². The second kappa shape index (κ2) is 7.25. The molecule has 0 spiro atoms. The number of carboxylic acids is 1. The molecule has 0 fully saturated rings. The number of nitrogens with zero attached hydrogens (tertiary/aromatic N) is 3. The molecular formula is C13H16N4O3. The van der Waals surface area contributed by atoms with Crippen LogP contribution in [0.2, 0.25) is 0 Å². The van der Waals surface area contributed by atoms with Gasteiger partial charge in [0.15, 0.2) is 0 Å². The molecule has 1 aromatic heterocycles. The number of aromatic carboxylic acids is 1. The lowest BCUT2D eigenvalue weighted by Crippen LogP contribution is -2.25. The average molecular weight is 276 g/mol. The molecule has 2 N–H and O–H groups in total. The monoisotopic (exact) mass is 276 g/mol. The van der Waals surface area contributed by atoms with Crippen LogP contribution in [-0.4, -0.2) is 45.8 Å². The minimum Gasteiger partial charge on any atom is -0.491 e. The van der Waals surface area contributed by atoms with Gasteiger partial charge in [0.1, 0.15) is 17.9 Å². The van der Waals surface area contributed by atoms with E-state index in [0.29, 0.717) is 18.9 Å². The lowest BCUT2D eigenvalue weighted by Gasteiger charge is -2.09. The molecule has 0 unspecified atom stereocenters. The Morgan fingerprint density at radius 3 is 2.95 bits per heavy atom. The van der Waals surface area contributed by atoms with E-state index < -0.39 is 5.97 Å². The highest BCUT2D eigenvalue weighted by molar-refractivity contribution is 5.90. The number of hydrogen-bond donors (Lipinski definition) is 2. The summed E-state index contributed by atoms with van der Waals surface area (Å²) in [7, 11) is 0. The van der Waals surface area contributed by atoms with Crippen molar-refractivity contribution in [1.82, 2.24) is 20.3 Å². The SMILES string of the molecule is O=C(O)c1ccccc1OCCNCCn1ccnn1. The van der Waals surface area contributed by atoms with Crippen LogP contribution >= 0.6 is 0 Å². The van der Waals surface area contributed by atoms with Crippen molar-refractivity contribution >= 4 is 5.97 Å². The highest BCUT2D eigenvalue weighted by atomic mass is 16.5. The molecule has 0 radical (unpaired) electrons. The van der Waals surface area contributed by atoms with E-state index in [1.54, 1.807) is 35.3 Å². The molecule has 7 nitrogen and oxygen atoms in total. The van der Waals surface area contributed by atoms with Crippen molar-refractivity contribution < 1.29 is 14.6 Å². The van der Waals surface area contributed by atoms with Crippen LogP contribution in [0, 0.1) is 0 Å². The first-order chi connectivity index (χ1) is 9.77. The van der Waals surface area contributed by atoms with E-state index in [9.17, 15) is 4.79 Å². The predicted molar refractivity (Wildman–Crippen MR) is 71.8 cm³/mol. The highest BCUT2D eigenvalue weighted by Crippen LogP contribution is 2.17. The molecule has 1 heterocycles. The zero-order valence-electron chi connectivity index (χ0n) is 10.9. The van der Waals surface area contributed by atoms with Gasteiger partial charge in [0.25, 0.3) is 0 Å². The first-order valence-corrected chi connectivity index (χ1v) is 6.27. The molecule has 0 aliphatic rings. The Morgan fingerprint density at radius 2 is 2.20 bits per heavy atom. The number of carboxylic acid groups (broad SMARTS) is 1. The minimum absolute atomic E-state index is 0.176. The summed E-state index contributed by atoms with van der Waals surface area (Å²) in [6.45, 7) is 2.50. The Morgan fingerprint density at radius 1 is 1.35 bits per heavy atom. The minimum atomic E-state index is -0.986.